The van der Waals surface area contributed by atoms with Crippen LogP contribution in [0.25, 0.3) is 5.82 Å². The van der Waals surface area contributed by atoms with Crippen LogP contribution in [-0.4, -0.2) is 68.1 Å². The quantitative estimate of drug-likeness (QED) is 0.557. The molecule has 1 fully saturated rings. The Morgan fingerprint density at radius 2 is 1.72 bits per heavy atom. The Labute approximate surface area is 206 Å². The first-order valence-electron chi connectivity index (χ1n) is 11.5. The average molecular weight is 492 g/mol. The van der Waals surface area contributed by atoms with E-state index < -0.39 is 17.7 Å². The predicted octanol–water partition coefficient (Wildman–Crippen LogP) is 3.10. The number of aryl methyl sites for hydroxylation is 1. The van der Waals surface area contributed by atoms with Crippen molar-refractivity contribution in [1.82, 2.24) is 29.7 Å². The summed E-state index contributed by atoms with van der Waals surface area (Å²) in [7, 11) is 0. The molecule has 0 spiro atoms. The number of nitrogens with zero attached hydrogens (tertiary/aromatic N) is 9. The summed E-state index contributed by atoms with van der Waals surface area (Å²) in [6.07, 6.45) is 3.42. The van der Waals surface area contributed by atoms with Gasteiger partial charge in [-0.05, 0) is 31.5 Å². The highest BCUT2D eigenvalue weighted by atomic mass is 19.1. The summed E-state index contributed by atoms with van der Waals surface area (Å²) in [5, 5.41) is 19.3. The third-order valence-corrected chi connectivity index (χ3v) is 6.43. The Bertz CT molecular complexity index is 1370. The lowest BCUT2D eigenvalue weighted by Gasteiger charge is -2.37. The van der Waals surface area contributed by atoms with Crippen molar-refractivity contribution in [3.63, 3.8) is 0 Å². The molecule has 36 heavy (non-hydrogen) atoms. The first-order valence-corrected chi connectivity index (χ1v) is 11.5. The van der Waals surface area contributed by atoms with Crippen LogP contribution < -0.4 is 4.90 Å². The molecule has 0 saturated carbocycles. The number of aromatic nitrogens is 4. The summed E-state index contributed by atoms with van der Waals surface area (Å²) in [4.78, 5) is 25.6. The van der Waals surface area contributed by atoms with Gasteiger partial charge in [-0.2, -0.15) is 15.5 Å². The van der Waals surface area contributed by atoms with Gasteiger partial charge >= 0.3 is 6.03 Å². The number of piperazine rings is 1. The first kappa shape index (κ1) is 23.3. The number of benzene rings is 1. The van der Waals surface area contributed by atoms with Crippen LogP contribution in [0.1, 0.15) is 35.0 Å². The maximum atomic E-state index is 13.7. The Morgan fingerprint density at radius 3 is 2.39 bits per heavy atom. The standard InChI is InChI=1S/C24H23F2N9O/c1-15-20(13-27)16(2)34(31-15)23-12-22(28-14-29-23)32-5-7-33(8-6-32)24(36)35-21(3-4-30-35)17-9-18(25)11-19(26)10-17/h4,9-12,14,21H,3,5-8H2,1-2H3/t21-/m0/s1. The van der Waals surface area contributed by atoms with E-state index in [0.717, 1.165) is 6.07 Å². The molecular formula is C24H23F2N9O. The fourth-order valence-electron chi connectivity index (χ4n) is 4.57. The summed E-state index contributed by atoms with van der Waals surface area (Å²) in [6.45, 7) is 5.50. The van der Waals surface area contributed by atoms with Crippen molar-refractivity contribution in [1.29, 1.82) is 5.26 Å². The van der Waals surface area contributed by atoms with Gasteiger partial charge in [-0.1, -0.05) is 0 Å². The lowest BCUT2D eigenvalue weighted by Crippen LogP contribution is -2.52. The maximum Gasteiger partial charge on any atom is 0.341 e. The number of hydrogen-bond donors (Lipinski definition) is 0. The molecule has 10 nitrogen and oxygen atoms in total. The van der Waals surface area contributed by atoms with Crippen molar-refractivity contribution < 1.29 is 13.6 Å². The van der Waals surface area contributed by atoms with Gasteiger partial charge < -0.3 is 9.80 Å². The van der Waals surface area contributed by atoms with Gasteiger partial charge in [0.05, 0.1) is 23.0 Å². The average Bonchev–Trinajstić information content (AvgIpc) is 3.47. The maximum absolute atomic E-state index is 13.7. The highest BCUT2D eigenvalue weighted by molar-refractivity contribution is 5.78. The number of urea groups is 1. The monoisotopic (exact) mass is 491 g/mol. The van der Waals surface area contributed by atoms with Gasteiger partial charge in [0.2, 0.25) is 0 Å². The van der Waals surface area contributed by atoms with E-state index in [1.807, 2.05) is 11.8 Å². The van der Waals surface area contributed by atoms with Gasteiger partial charge in [-0.25, -0.2) is 33.2 Å². The van der Waals surface area contributed by atoms with Crippen molar-refractivity contribution in [2.24, 2.45) is 5.10 Å². The number of carbonyl (C=O) groups is 1. The van der Waals surface area contributed by atoms with Gasteiger partial charge in [-0.15, -0.1) is 0 Å². The van der Waals surface area contributed by atoms with Gasteiger partial charge in [0.25, 0.3) is 0 Å². The minimum atomic E-state index is -0.688. The minimum absolute atomic E-state index is 0.312. The van der Waals surface area contributed by atoms with Crippen LogP contribution in [0.2, 0.25) is 0 Å². The Balaban J connectivity index is 1.27. The van der Waals surface area contributed by atoms with Crippen LogP contribution in [-0.2, 0) is 0 Å². The Morgan fingerprint density at radius 1 is 1.03 bits per heavy atom. The summed E-state index contributed by atoms with van der Waals surface area (Å²) < 4.78 is 29.1. The van der Waals surface area contributed by atoms with Crippen molar-refractivity contribution >= 4 is 18.1 Å². The van der Waals surface area contributed by atoms with E-state index in [-0.39, 0.29) is 6.03 Å². The number of carbonyl (C=O) groups excluding carboxylic acids is 1. The predicted molar refractivity (Wildman–Crippen MR) is 127 cm³/mol. The zero-order chi connectivity index (χ0) is 25.4. The molecule has 1 aromatic carbocycles. The second-order valence-corrected chi connectivity index (χ2v) is 8.66. The fourth-order valence-corrected chi connectivity index (χ4v) is 4.57. The third kappa shape index (κ3) is 4.24. The number of amides is 2. The van der Waals surface area contributed by atoms with E-state index in [2.05, 4.69) is 26.2 Å². The number of anilines is 1. The summed E-state index contributed by atoms with van der Waals surface area (Å²) in [5.41, 5.74) is 2.22. The SMILES string of the molecule is Cc1nn(-c2cc(N3CCN(C(=O)N4N=CC[C@H]4c4cc(F)cc(F)c4)CC3)ncn2)c(C)c1C#N. The van der Waals surface area contributed by atoms with Gasteiger partial charge in [0, 0.05) is 50.9 Å². The van der Waals surface area contributed by atoms with Crippen molar-refractivity contribution in [2.45, 2.75) is 26.3 Å². The normalized spacial score (nSPS) is 17.5. The topological polar surface area (TPSA) is 107 Å². The zero-order valence-electron chi connectivity index (χ0n) is 19.8. The molecule has 0 unspecified atom stereocenters. The van der Waals surface area contributed by atoms with Gasteiger partial charge in [0.1, 0.15) is 29.8 Å². The fraction of sp³-hybridized carbons (Fsp3) is 0.333. The highest BCUT2D eigenvalue weighted by Gasteiger charge is 2.33. The molecule has 2 aliphatic heterocycles. The summed E-state index contributed by atoms with van der Waals surface area (Å²) in [6, 6.07) is 6.37. The van der Waals surface area contributed by atoms with Crippen LogP contribution in [0.15, 0.2) is 35.7 Å². The molecule has 2 aliphatic rings. The van der Waals surface area contributed by atoms with Crippen LogP contribution in [0.4, 0.5) is 19.4 Å². The molecule has 1 saturated heterocycles. The largest absolute Gasteiger partial charge is 0.353 e. The zero-order valence-corrected chi connectivity index (χ0v) is 19.8. The number of halogens is 2. The molecular weight excluding hydrogens is 468 g/mol. The van der Waals surface area contributed by atoms with E-state index in [1.54, 1.807) is 28.8 Å². The number of hydrogen-bond acceptors (Lipinski definition) is 7. The molecule has 0 N–H and O–H groups in total. The van der Waals surface area contributed by atoms with Crippen molar-refractivity contribution in [3.8, 4) is 11.9 Å². The molecule has 0 aliphatic carbocycles. The molecule has 2 amide bonds. The van der Waals surface area contributed by atoms with Gasteiger partial charge in [-0.3, -0.25) is 0 Å². The summed E-state index contributed by atoms with van der Waals surface area (Å²) >= 11 is 0. The van der Waals surface area contributed by atoms with E-state index in [4.69, 9.17) is 0 Å². The Hall–Kier alpha value is -4.40. The lowest BCUT2D eigenvalue weighted by atomic mass is 10.0. The molecule has 12 heteroatoms. The Kier molecular flexibility index (Phi) is 6.05. The molecule has 5 rings (SSSR count). The molecule has 0 bridgehead atoms. The molecule has 0 radical (unpaired) electrons. The van der Waals surface area contributed by atoms with E-state index >= 15 is 0 Å². The van der Waals surface area contributed by atoms with Crippen LogP contribution in [0, 0.1) is 36.8 Å². The van der Waals surface area contributed by atoms with E-state index in [0.29, 0.717) is 66.8 Å². The minimum Gasteiger partial charge on any atom is -0.353 e. The van der Waals surface area contributed by atoms with Crippen molar-refractivity contribution in [2.75, 3.05) is 31.1 Å². The highest BCUT2D eigenvalue weighted by Crippen LogP contribution is 2.30. The lowest BCUT2D eigenvalue weighted by molar-refractivity contribution is 0.139. The van der Waals surface area contributed by atoms with Gasteiger partial charge in [0.15, 0.2) is 5.82 Å². The van der Waals surface area contributed by atoms with Crippen LogP contribution >= 0.6 is 0 Å². The first-order chi connectivity index (χ1) is 17.4. The van der Waals surface area contributed by atoms with Crippen LogP contribution in [0.3, 0.4) is 0 Å². The number of rotatable bonds is 3. The molecule has 3 aromatic rings. The second-order valence-electron chi connectivity index (χ2n) is 8.66. The van der Waals surface area contributed by atoms with E-state index in [9.17, 15) is 18.8 Å². The number of hydrazone groups is 1. The van der Waals surface area contributed by atoms with E-state index in [1.165, 1.54) is 23.5 Å². The molecule has 4 heterocycles. The molecule has 1 atom stereocenters. The smallest absolute Gasteiger partial charge is 0.341 e. The second kappa shape index (κ2) is 9.33. The third-order valence-electron chi connectivity index (χ3n) is 6.43. The molecule has 184 valence electrons. The van der Waals surface area contributed by atoms with Crippen LogP contribution in [0.5, 0.6) is 0 Å². The summed E-state index contributed by atoms with van der Waals surface area (Å²) in [5.74, 6) is -0.138. The molecule has 2 aromatic heterocycles. The van der Waals surface area contributed by atoms with Crippen molar-refractivity contribution in [3.05, 3.63) is 64.7 Å². The number of nitriles is 1.